The van der Waals surface area contributed by atoms with Crippen LogP contribution in [0, 0.1) is 0 Å². The van der Waals surface area contributed by atoms with Crippen LogP contribution in [-0.4, -0.2) is 79.2 Å². The molecule has 8 heteroatoms. The first-order valence-corrected chi connectivity index (χ1v) is 8.81. The van der Waals surface area contributed by atoms with Gasteiger partial charge in [-0.1, -0.05) is 0 Å². The topological polar surface area (TPSA) is 87.8 Å². The third kappa shape index (κ3) is 4.01. The van der Waals surface area contributed by atoms with E-state index in [-0.39, 0.29) is 12.1 Å². The number of piperazine rings is 1. The van der Waals surface area contributed by atoms with Gasteiger partial charge in [-0.15, -0.1) is 0 Å². The number of hydrogen-bond donors (Lipinski definition) is 1. The van der Waals surface area contributed by atoms with E-state index in [1.807, 2.05) is 4.90 Å². The minimum Gasteiger partial charge on any atom is -0.377 e. The molecule has 2 amide bonds. The van der Waals surface area contributed by atoms with Gasteiger partial charge in [-0.2, -0.15) is 0 Å². The smallest absolute Gasteiger partial charge is 0.319 e. The monoisotopic (exact) mass is 348 g/mol. The number of nitrogens with two attached hydrogens (primary N) is 1. The van der Waals surface area contributed by atoms with Crippen molar-refractivity contribution in [3.63, 3.8) is 0 Å². The minimum atomic E-state index is 0.0616. The molecule has 0 unspecified atom stereocenters. The second-order valence-electron chi connectivity index (χ2n) is 7.08. The molecule has 0 spiro atoms. The van der Waals surface area contributed by atoms with Gasteiger partial charge >= 0.3 is 6.03 Å². The largest absolute Gasteiger partial charge is 0.377 e. The lowest BCUT2D eigenvalue weighted by molar-refractivity contribution is 0.167. The number of carbonyl (C=O) groups is 1. The molecule has 1 saturated carbocycles. The normalized spacial score (nSPS) is 23.4. The summed E-state index contributed by atoms with van der Waals surface area (Å²) in [4.78, 5) is 27.1. The van der Waals surface area contributed by atoms with Crippen LogP contribution in [0.25, 0.3) is 0 Å². The third-order valence-electron chi connectivity index (χ3n) is 4.90. The fourth-order valence-corrected chi connectivity index (χ4v) is 3.38. The van der Waals surface area contributed by atoms with Crippen LogP contribution in [0.4, 0.5) is 10.6 Å². The fraction of sp³-hybridized carbons (Fsp3) is 0.706. The van der Waals surface area contributed by atoms with Crippen molar-refractivity contribution < 1.29 is 9.53 Å². The van der Waals surface area contributed by atoms with Gasteiger partial charge in [0.15, 0.2) is 5.82 Å². The zero-order valence-corrected chi connectivity index (χ0v) is 15.3. The molecule has 2 fully saturated rings. The van der Waals surface area contributed by atoms with E-state index in [9.17, 15) is 4.79 Å². The molecule has 1 aliphatic heterocycles. The van der Waals surface area contributed by atoms with Gasteiger partial charge in [-0.05, 0) is 12.8 Å². The highest BCUT2D eigenvalue weighted by atomic mass is 16.5. The highest BCUT2D eigenvalue weighted by Gasteiger charge is 2.30. The molecule has 1 aromatic rings. The summed E-state index contributed by atoms with van der Waals surface area (Å²) in [6.07, 6.45) is 1.96. The average molecular weight is 348 g/mol. The number of methoxy groups -OCH3 is 1. The first kappa shape index (κ1) is 17.9. The lowest BCUT2D eigenvalue weighted by atomic mass is 9.78. The van der Waals surface area contributed by atoms with Crippen LogP contribution in [-0.2, 0) is 11.3 Å². The quantitative estimate of drug-likeness (QED) is 0.859. The molecule has 138 valence electrons. The molecule has 8 nitrogen and oxygen atoms in total. The Hall–Kier alpha value is -1.93. The Kier molecular flexibility index (Phi) is 5.39. The minimum absolute atomic E-state index is 0.0616. The van der Waals surface area contributed by atoms with E-state index in [1.165, 1.54) is 0 Å². The summed E-state index contributed by atoms with van der Waals surface area (Å²) >= 11 is 0. The molecule has 25 heavy (non-hydrogen) atoms. The number of carbonyl (C=O) groups excluding carboxylic acids is 1. The molecule has 1 aliphatic carbocycles. The van der Waals surface area contributed by atoms with Crippen LogP contribution in [0.5, 0.6) is 0 Å². The molecule has 1 aromatic heterocycles. The third-order valence-corrected chi connectivity index (χ3v) is 4.90. The molecule has 0 radical (unpaired) electrons. The number of hydrogen-bond acceptors (Lipinski definition) is 6. The first-order chi connectivity index (χ1) is 12.0. The van der Waals surface area contributed by atoms with Crippen LogP contribution < -0.4 is 10.6 Å². The Bertz CT molecular complexity index is 609. The summed E-state index contributed by atoms with van der Waals surface area (Å²) in [6.45, 7) is 3.34. The van der Waals surface area contributed by atoms with E-state index in [4.69, 9.17) is 10.5 Å². The van der Waals surface area contributed by atoms with Crippen molar-refractivity contribution in [2.45, 2.75) is 31.4 Å². The molecular formula is C17H28N6O2. The number of anilines is 1. The Morgan fingerprint density at radius 2 is 1.96 bits per heavy atom. The van der Waals surface area contributed by atoms with Crippen molar-refractivity contribution in [1.82, 2.24) is 19.8 Å². The average Bonchev–Trinajstić information content (AvgIpc) is 2.58. The Labute approximate surface area is 148 Å². The van der Waals surface area contributed by atoms with E-state index in [0.29, 0.717) is 31.4 Å². The molecule has 0 atom stereocenters. The number of ether oxygens (including phenoxy) is 1. The van der Waals surface area contributed by atoms with Crippen LogP contribution in [0.2, 0.25) is 0 Å². The van der Waals surface area contributed by atoms with Crippen LogP contribution in [0.15, 0.2) is 6.07 Å². The SMILES string of the molecule is COCc1nc(C2CC(N)C2)cc(N2CCN(C(=O)N(C)C)CC2)n1. The summed E-state index contributed by atoms with van der Waals surface area (Å²) in [7, 11) is 5.22. The van der Waals surface area contributed by atoms with E-state index >= 15 is 0 Å². The summed E-state index contributed by atoms with van der Waals surface area (Å²) in [5, 5.41) is 0. The predicted octanol–water partition coefficient (Wildman–Crippen LogP) is 0.631. The van der Waals surface area contributed by atoms with E-state index < -0.39 is 0 Å². The summed E-state index contributed by atoms with van der Waals surface area (Å²) in [5.74, 6) is 2.06. The summed E-state index contributed by atoms with van der Waals surface area (Å²) in [5.41, 5.74) is 6.99. The van der Waals surface area contributed by atoms with Crippen molar-refractivity contribution >= 4 is 11.8 Å². The van der Waals surface area contributed by atoms with Gasteiger partial charge in [0.1, 0.15) is 12.4 Å². The van der Waals surface area contributed by atoms with Crippen molar-refractivity contribution in [3.05, 3.63) is 17.6 Å². The predicted molar refractivity (Wildman–Crippen MR) is 95.6 cm³/mol. The molecule has 0 bridgehead atoms. The highest BCUT2D eigenvalue weighted by molar-refractivity contribution is 5.74. The Balaban J connectivity index is 1.72. The number of rotatable bonds is 4. The second kappa shape index (κ2) is 7.53. The van der Waals surface area contributed by atoms with Crippen molar-refractivity contribution in [2.24, 2.45) is 5.73 Å². The molecule has 2 N–H and O–H groups in total. The van der Waals surface area contributed by atoms with Gasteiger partial charge in [0, 0.05) is 71.1 Å². The van der Waals surface area contributed by atoms with Crippen LogP contribution >= 0.6 is 0 Å². The van der Waals surface area contributed by atoms with Crippen molar-refractivity contribution in [3.8, 4) is 0 Å². The van der Waals surface area contributed by atoms with Crippen LogP contribution in [0.3, 0.4) is 0 Å². The fourth-order valence-electron chi connectivity index (χ4n) is 3.38. The van der Waals surface area contributed by atoms with Gasteiger partial charge in [-0.25, -0.2) is 14.8 Å². The number of nitrogens with zero attached hydrogens (tertiary/aromatic N) is 5. The summed E-state index contributed by atoms with van der Waals surface area (Å²) in [6, 6.07) is 2.43. The van der Waals surface area contributed by atoms with Crippen molar-refractivity contribution in [1.29, 1.82) is 0 Å². The van der Waals surface area contributed by atoms with Crippen molar-refractivity contribution in [2.75, 3.05) is 52.3 Å². The standard InChI is InChI=1S/C17H28N6O2/c1-21(2)17(24)23-6-4-22(5-7-23)16-10-14(12-8-13(18)9-12)19-15(20-16)11-25-3/h10,12-13H,4-9,11,18H2,1-3H3. The lowest BCUT2D eigenvalue weighted by Crippen LogP contribution is -2.51. The van der Waals surface area contributed by atoms with Gasteiger partial charge in [0.05, 0.1) is 0 Å². The maximum atomic E-state index is 12.1. The first-order valence-electron chi connectivity index (χ1n) is 8.81. The Morgan fingerprint density at radius 3 is 2.52 bits per heavy atom. The van der Waals surface area contributed by atoms with E-state index in [2.05, 4.69) is 20.9 Å². The lowest BCUT2D eigenvalue weighted by Gasteiger charge is -2.37. The van der Waals surface area contributed by atoms with Gasteiger partial charge in [0.25, 0.3) is 0 Å². The molecule has 3 rings (SSSR count). The van der Waals surface area contributed by atoms with Gasteiger partial charge in [0.2, 0.25) is 0 Å². The number of aromatic nitrogens is 2. The molecule has 0 aromatic carbocycles. The maximum absolute atomic E-state index is 12.1. The molecule has 2 heterocycles. The van der Waals surface area contributed by atoms with E-state index in [1.54, 1.807) is 26.1 Å². The number of amides is 2. The highest BCUT2D eigenvalue weighted by Crippen LogP contribution is 2.35. The van der Waals surface area contributed by atoms with Gasteiger partial charge < -0.3 is 25.2 Å². The molecular weight excluding hydrogens is 320 g/mol. The molecule has 2 aliphatic rings. The molecule has 1 saturated heterocycles. The Morgan fingerprint density at radius 1 is 1.28 bits per heavy atom. The van der Waals surface area contributed by atoms with Gasteiger partial charge in [-0.3, -0.25) is 0 Å². The summed E-state index contributed by atoms with van der Waals surface area (Å²) < 4.78 is 5.23. The number of urea groups is 1. The zero-order valence-electron chi connectivity index (χ0n) is 15.3. The van der Waals surface area contributed by atoms with E-state index in [0.717, 1.165) is 37.4 Å². The second-order valence-corrected chi connectivity index (χ2v) is 7.08. The zero-order chi connectivity index (χ0) is 18.0. The maximum Gasteiger partial charge on any atom is 0.319 e. The van der Waals surface area contributed by atoms with Crippen LogP contribution in [0.1, 0.15) is 30.3 Å².